The summed E-state index contributed by atoms with van der Waals surface area (Å²) in [5.41, 5.74) is 2.43. The Labute approximate surface area is 48.9 Å². The summed E-state index contributed by atoms with van der Waals surface area (Å²) < 4.78 is 0. The number of aromatic amines is 1. The molecule has 0 aliphatic carbocycles. The molecule has 2 nitrogen and oxygen atoms in total. The van der Waals surface area contributed by atoms with Crippen LogP contribution in [0.1, 0.15) is 5.56 Å². The molecule has 2 heteroatoms. The summed E-state index contributed by atoms with van der Waals surface area (Å²) in [7, 11) is 1.91. The van der Waals surface area contributed by atoms with E-state index in [1.54, 1.807) is 0 Å². The summed E-state index contributed by atoms with van der Waals surface area (Å²) in [5.74, 6) is 0. The van der Waals surface area contributed by atoms with Crippen LogP contribution < -0.4 is 5.32 Å². The van der Waals surface area contributed by atoms with Crippen LogP contribution in [0.25, 0.3) is 0 Å². The molecule has 0 saturated carbocycles. The lowest BCUT2D eigenvalue weighted by Crippen LogP contribution is -1.85. The van der Waals surface area contributed by atoms with Crippen molar-refractivity contribution in [2.75, 3.05) is 12.4 Å². The number of anilines is 1. The van der Waals surface area contributed by atoms with E-state index in [4.69, 9.17) is 0 Å². The highest BCUT2D eigenvalue weighted by Gasteiger charge is 1.90. The maximum absolute atomic E-state index is 3.04. The monoisotopic (exact) mass is 110 g/mol. The molecule has 0 bridgehead atoms. The predicted molar refractivity (Wildman–Crippen MR) is 35.1 cm³/mol. The minimum absolute atomic E-state index is 1.17. The third kappa shape index (κ3) is 0.689. The van der Waals surface area contributed by atoms with Crippen molar-refractivity contribution in [1.82, 2.24) is 4.98 Å². The smallest absolute Gasteiger partial charge is 0.0544 e. The SMILES string of the molecule is CNc1c[nH]cc1C. The highest BCUT2D eigenvalue weighted by atomic mass is 14.9. The molecule has 0 aromatic carbocycles. The van der Waals surface area contributed by atoms with Crippen molar-refractivity contribution in [3.8, 4) is 0 Å². The second-order valence-electron chi connectivity index (χ2n) is 1.80. The van der Waals surface area contributed by atoms with E-state index < -0.39 is 0 Å². The average molecular weight is 110 g/mol. The van der Waals surface area contributed by atoms with Gasteiger partial charge in [-0.15, -0.1) is 0 Å². The summed E-state index contributed by atoms with van der Waals surface area (Å²) in [4.78, 5) is 2.99. The van der Waals surface area contributed by atoms with Crippen LogP contribution in [0.3, 0.4) is 0 Å². The van der Waals surface area contributed by atoms with Crippen LogP contribution in [-0.2, 0) is 0 Å². The van der Waals surface area contributed by atoms with Crippen LogP contribution in [0.5, 0.6) is 0 Å². The molecule has 0 unspecified atom stereocenters. The third-order valence-electron chi connectivity index (χ3n) is 1.22. The number of hydrogen-bond acceptors (Lipinski definition) is 1. The van der Waals surface area contributed by atoms with E-state index in [1.807, 2.05) is 19.4 Å². The van der Waals surface area contributed by atoms with E-state index in [1.165, 1.54) is 11.3 Å². The van der Waals surface area contributed by atoms with Gasteiger partial charge in [0.25, 0.3) is 0 Å². The first-order valence-electron chi connectivity index (χ1n) is 2.65. The number of aryl methyl sites for hydroxylation is 1. The molecule has 0 saturated heterocycles. The van der Waals surface area contributed by atoms with Crippen LogP contribution in [0.2, 0.25) is 0 Å². The Morgan fingerprint density at radius 3 is 2.50 bits per heavy atom. The lowest BCUT2D eigenvalue weighted by molar-refractivity contribution is 1.39. The number of H-pyrrole nitrogens is 1. The number of nitrogens with one attached hydrogen (secondary N) is 2. The minimum atomic E-state index is 1.17. The van der Waals surface area contributed by atoms with E-state index in [0.29, 0.717) is 0 Å². The van der Waals surface area contributed by atoms with Crippen LogP contribution in [-0.4, -0.2) is 12.0 Å². The van der Waals surface area contributed by atoms with Crippen molar-refractivity contribution < 1.29 is 0 Å². The second-order valence-corrected chi connectivity index (χ2v) is 1.80. The molecule has 1 aromatic rings. The van der Waals surface area contributed by atoms with E-state index in [2.05, 4.69) is 17.2 Å². The zero-order chi connectivity index (χ0) is 5.98. The lowest BCUT2D eigenvalue weighted by Gasteiger charge is -1.92. The molecular weight excluding hydrogens is 100 g/mol. The van der Waals surface area contributed by atoms with Gasteiger partial charge in [-0.2, -0.15) is 0 Å². The molecule has 8 heavy (non-hydrogen) atoms. The normalized spacial score (nSPS) is 9.25. The molecule has 0 aliphatic heterocycles. The Morgan fingerprint density at radius 2 is 2.25 bits per heavy atom. The molecule has 44 valence electrons. The quantitative estimate of drug-likeness (QED) is 0.561. The van der Waals surface area contributed by atoms with Gasteiger partial charge >= 0.3 is 0 Å². The van der Waals surface area contributed by atoms with Crippen molar-refractivity contribution in [3.63, 3.8) is 0 Å². The number of rotatable bonds is 1. The fourth-order valence-electron chi connectivity index (χ4n) is 0.711. The standard InChI is InChI=1S/C6H10N2/c1-5-3-8-4-6(5)7-2/h3-4,7-8H,1-2H3. The first kappa shape index (κ1) is 5.22. The summed E-state index contributed by atoms with van der Waals surface area (Å²) in [6.07, 6.45) is 3.90. The predicted octanol–water partition coefficient (Wildman–Crippen LogP) is 1.36. The molecule has 0 spiro atoms. The van der Waals surface area contributed by atoms with E-state index in [9.17, 15) is 0 Å². The van der Waals surface area contributed by atoms with Gasteiger partial charge in [-0.25, -0.2) is 0 Å². The molecule has 0 atom stereocenters. The maximum atomic E-state index is 3.04. The molecule has 0 aliphatic rings. The van der Waals surface area contributed by atoms with Crippen LogP contribution >= 0.6 is 0 Å². The molecular formula is C6H10N2. The summed E-state index contributed by atoms with van der Waals surface area (Å²) in [5, 5.41) is 3.04. The zero-order valence-electron chi connectivity index (χ0n) is 5.15. The zero-order valence-corrected chi connectivity index (χ0v) is 5.15. The summed E-state index contributed by atoms with van der Waals surface area (Å²) in [6, 6.07) is 0. The Hall–Kier alpha value is -0.920. The highest BCUT2D eigenvalue weighted by molar-refractivity contribution is 5.47. The van der Waals surface area contributed by atoms with Gasteiger partial charge in [-0.05, 0) is 12.5 Å². The molecule has 1 aromatic heterocycles. The van der Waals surface area contributed by atoms with Gasteiger partial charge < -0.3 is 10.3 Å². The third-order valence-corrected chi connectivity index (χ3v) is 1.22. The fraction of sp³-hybridized carbons (Fsp3) is 0.333. The Balaban J connectivity index is 2.92. The topological polar surface area (TPSA) is 27.8 Å². The van der Waals surface area contributed by atoms with E-state index in [-0.39, 0.29) is 0 Å². The number of hydrogen-bond donors (Lipinski definition) is 2. The van der Waals surface area contributed by atoms with Gasteiger partial charge in [0, 0.05) is 19.4 Å². The second kappa shape index (κ2) is 1.90. The van der Waals surface area contributed by atoms with Crippen LogP contribution in [0.15, 0.2) is 12.4 Å². The molecule has 0 amide bonds. The summed E-state index contributed by atoms with van der Waals surface area (Å²) in [6.45, 7) is 2.06. The maximum Gasteiger partial charge on any atom is 0.0544 e. The number of aromatic nitrogens is 1. The molecule has 0 radical (unpaired) electrons. The minimum Gasteiger partial charge on any atom is -0.387 e. The first-order chi connectivity index (χ1) is 3.84. The van der Waals surface area contributed by atoms with Crippen molar-refractivity contribution in [2.24, 2.45) is 0 Å². The molecule has 2 N–H and O–H groups in total. The van der Waals surface area contributed by atoms with Crippen LogP contribution in [0, 0.1) is 6.92 Å². The van der Waals surface area contributed by atoms with Crippen molar-refractivity contribution in [1.29, 1.82) is 0 Å². The molecule has 0 fully saturated rings. The first-order valence-corrected chi connectivity index (χ1v) is 2.65. The largest absolute Gasteiger partial charge is 0.387 e. The van der Waals surface area contributed by atoms with Crippen LogP contribution in [0.4, 0.5) is 5.69 Å². The Morgan fingerprint density at radius 1 is 1.50 bits per heavy atom. The van der Waals surface area contributed by atoms with Gasteiger partial charge in [0.15, 0.2) is 0 Å². The average Bonchev–Trinajstić information content (AvgIpc) is 2.14. The summed E-state index contributed by atoms with van der Waals surface area (Å²) >= 11 is 0. The van der Waals surface area contributed by atoms with Crippen molar-refractivity contribution in [2.45, 2.75) is 6.92 Å². The highest BCUT2D eigenvalue weighted by Crippen LogP contribution is 2.09. The van der Waals surface area contributed by atoms with E-state index in [0.717, 1.165) is 0 Å². The van der Waals surface area contributed by atoms with Crippen molar-refractivity contribution in [3.05, 3.63) is 18.0 Å². The van der Waals surface area contributed by atoms with Gasteiger partial charge in [0.2, 0.25) is 0 Å². The van der Waals surface area contributed by atoms with Gasteiger partial charge in [0.1, 0.15) is 0 Å². The van der Waals surface area contributed by atoms with Gasteiger partial charge in [-0.1, -0.05) is 0 Å². The van der Waals surface area contributed by atoms with E-state index >= 15 is 0 Å². The van der Waals surface area contributed by atoms with Gasteiger partial charge in [0.05, 0.1) is 5.69 Å². The Kier molecular flexibility index (Phi) is 1.24. The fourth-order valence-corrected chi connectivity index (χ4v) is 0.711. The molecule has 1 heterocycles. The molecule has 1 rings (SSSR count). The van der Waals surface area contributed by atoms with Crippen molar-refractivity contribution >= 4 is 5.69 Å². The lowest BCUT2D eigenvalue weighted by atomic mass is 10.3. The Bertz CT molecular complexity index is 167. The van der Waals surface area contributed by atoms with Gasteiger partial charge in [-0.3, -0.25) is 0 Å².